The van der Waals surface area contributed by atoms with Gasteiger partial charge in [-0.25, -0.2) is 0 Å². The zero-order valence-electron chi connectivity index (χ0n) is 13.2. The van der Waals surface area contributed by atoms with Crippen LogP contribution in [0.3, 0.4) is 0 Å². The lowest BCUT2D eigenvalue weighted by Crippen LogP contribution is -2.30. The van der Waals surface area contributed by atoms with E-state index < -0.39 is 11.7 Å². The molecule has 120 valence electrons. The van der Waals surface area contributed by atoms with Crippen LogP contribution in [0.1, 0.15) is 44.4 Å². The number of nitrogens with one attached hydrogen (secondary N) is 1. The van der Waals surface area contributed by atoms with Gasteiger partial charge in [0.15, 0.2) is 0 Å². The van der Waals surface area contributed by atoms with E-state index in [0.29, 0.717) is 11.6 Å². The van der Waals surface area contributed by atoms with Crippen LogP contribution in [0.4, 0.5) is 13.2 Å². The molecule has 0 radical (unpaired) electrons. The normalized spacial score (nSPS) is 14.0. The molecular weight excluding hydrogens is 277 g/mol. The molecule has 1 aromatic carbocycles. The summed E-state index contributed by atoms with van der Waals surface area (Å²) in [6.45, 7) is 7.92. The van der Waals surface area contributed by atoms with E-state index in [1.165, 1.54) is 12.1 Å². The first-order valence-electron chi connectivity index (χ1n) is 7.32. The summed E-state index contributed by atoms with van der Waals surface area (Å²) in [5.41, 5.74) is 0.0789. The van der Waals surface area contributed by atoms with Crippen LogP contribution in [0.15, 0.2) is 24.3 Å². The van der Waals surface area contributed by atoms with Crippen LogP contribution in [-0.4, -0.2) is 31.1 Å². The third-order valence-electron chi connectivity index (χ3n) is 3.73. The van der Waals surface area contributed by atoms with Crippen LogP contribution in [-0.2, 0) is 6.18 Å². The molecule has 5 heteroatoms. The second-order valence-corrected chi connectivity index (χ2v) is 5.73. The van der Waals surface area contributed by atoms with E-state index in [-0.39, 0.29) is 6.04 Å². The van der Waals surface area contributed by atoms with Crippen LogP contribution in [0.25, 0.3) is 0 Å². The molecule has 0 aromatic heterocycles. The fourth-order valence-electron chi connectivity index (χ4n) is 2.01. The van der Waals surface area contributed by atoms with Gasteiger partial charge in [0, 0.05) is 12.1 Å². The van der Waals surface area contributed by atoms with Crippen molar-refractivity contribution < 1.29 is 13.2 Å². The minimum absolute atomic E-state index is 0.0864. The van der Waals surface area contributed by atoms with E-state index in [4.69, 9.17) is 0 Å². The molecule has 0 fully saturated rings. The van der Waals surface area contributed by atoms with Crippen molar-refractivity contribution in [3.8, 4) is 0 Å². The van der Waals surface area contributed by atoms with Crippen LogP contribution in [0, 0.1) is 0 Å². The second-order valence-electron chi connectivity index (χ2n) is 5.73. The molecule has 1 aromatic rings. The predicted octanol–water partition coefficient (Wildman–Crippen LogP) is 4.09. The summed E-state index contributed by atoms with van der Waals surface area (Å²) in [6, 6.07) is 5.93. The highest BCUT2D eigenvalue weighted by molar-refractivity contribution is 5.27. The Balaban J connectivity index is 2.47. The van der Waals surface area contributed by atoms with Crippen molar-refractivity contribution >= 4 is 0 Å². The summed E-state index contributed by atoms with van der Waals surface area (Å²) in [5.74, 6) is 0. The van der Waals surface area contributed by atoms with Crippen molar-refractivity contribution in [2.24, 2.45) is 0 Å². The van der Waals surface area contributed by atoms with Crippen LogP contribution >= 0.6 is 0 Å². The molecule has 0 aliphatic carbocycles. The van der Waals surface area contributed by atoms with Crippen molar-refractivity contribution in [2.45, 2.75) is 45.5 Å². The molecular formula is C16H25F3N2. The van der Waals surface area contributed by atoms with Crippen LogP contribution < -0.4 is 5.32 Å². The Hall–Kier alpha value is -1.07. The molecule has 1 N–H and O–H groups in total. The van der Waals surface area contributed by atoms with E-state index in [1.54, 1.807) is 6.07 Å². The van der Waals surface area contributed by atoms with Gasteiger partial charge in [-0.1, -0.05) is 12.1 Å². The average Bonchev–Trinajstić information content (AvgIpc) is 2.42. The number of halogens is 3. The van der Waals surface area contributed by atoms with Crippen molar-refractivity contribution in [3.63, 3.8) is 0 Å². The maximum Gasteiger partial charge on any atom is 0.416 e. The topological polar surface area (TPSA) is 15.3 Å². The van der Waals surface area contributed by atoms with Gasteiger partial charge < -0.3 is 10.2 Å². The largest absolute Gasteiger partial charge is 0.416 e. The molecule has 0 aliphatic heterocycles. The Morgan fingerprint density at radius 3 is 2.43 bits per heavy atom. The highest BCUT2D eigenvalue weighted by Gasteiger charge is 2.30. The molecule has 21 heavy (non-hydrogen) atoms. The Morgan fingerprint density at radius 2 is 1.86 bits per heavy atom. The predicted molar refractivity (Wildman–Crippen MR) is 80.2 cm³/mol. The minimum atomic E-state index is -4.28. The summed E-state index contributed by atoms with van der Waals surface area (Å²) < 4.78 is 38.0. The standard InChI is InChI=1S/C16H25F3N2/c1-12(2)21(4)10-6-9-20-13(3)14-7-5-8-15(11-14)16(17,18)19/h5,7-8,11-13,20H,6,9-10H2,1-4H3. The Labute approximate surface area is 125 Å². The molecule has 0 bridgehead atoms. The quantitative estimate of drug-likeness (QED) is 0.763. The Kier molecular flexibility index (Phi) is 6.68. The van der Waals surface area contributed by atoms with Crippen LogP contribution in [0.2, 0.25) is 0 Å². The minimum Gasteiger partial charge on any atom is -0.310 e. The monoisotopic (exact) mass is 302 g/mol. The van der Waals surface area contributed by atoms with E-state index in [9.17, 15) is 13.2 Å². The third-order valence-corrected chi connectivity index (χ3v) is 3.73. The van der Waals surface area contributed by atoms with E-state index in [1.807, 2.05) is 6.92 Å². The molecule has 2 nitrogen and oxygen atoms in total. The lowest BCUT2D eigenvalue weighted by Gasteiger charge is -2.22. The lowest BCUT2D eigenvalue weighted by atomic mass is 10.0. The summed E-state index contributed by atoms with van der Waals surface area (Å²) in [6.07, 6.45) is -3.31. The first-order chi connectivity index (χ1) is 9.71. The van der Waals surface area contributed by atoms with Gasteiger partial charge in [-0.15, -0.1) is 0 Å². The van der Waals surface area contributed by atoms with Gasteiger partial charge in [0.05, 0.1) is 5.56 Å². The van der Waals surface area contributed by atoms with Gasteiger partial charge >= 0.3 is 6.18 Å². The number of rotatable bonds is 7. The van der Waals surface area contributed by atoms with Crippen LogP contribution in [0.5, 0.6) is 0 Å². The molecule has 1 rings (SSSR count). The fourth-order valence-corrected chi connectivity index (χ4v) is 2.01. The fraction of sp³-hybridized carbons (Fsp3) is 0.625. The van der Waals surface area contributed by atoms with Gasteiger partial charge in [-0.05, 0) is 65.0 Å². The van der Waals surface area contributed by atoms with Gasteiger partial charge in [0.1, 0.15) is 0 Å². The molecule has 0 heterocycles. The summed E-state index contributed by atoms with van der Waals surface area (Å²) in [5, 5.41) is 3.28. The number of nitrogens with zero attached hydrogens (tertiary/aromatic N) is 1. The van der Waals surface area contributed by atoms with Crippen molar-refractivity contribution in [2.75, 3.05) is 20.1 Å². The Bertz CT molecular complexity index is 430. The highest BCUT2D eigenvalue weighted by atomic mass is 19.4. The second kappa shape index (κ2) is 7.80. The molecule has 0 spiro atoms. The lowest BCUT2D eigenvalue weighted by molar-refractivity contribution is -0.137. The maximum absolute atomic E-state index is 12.7. The number of hydrogen-bond acceptors (Lipinski definition) is 2. The molecule has 0 aliphatic rings. The number of benzene rings is 1. The van der Waals surface area contributed by atoms with E-state index >= 15 is 0 Å². The van der Waals surface area contributed by atoms with Gasteiger partial charge in [0.25, 0.3) is 0 Å². The molecule has 0 amide bonds. The van der Waals surface area contributed by atoms with Gasteiger partial charge in [-0.3, -0.25) is 0 Å². The maximum atomic E-state index is 12.7. The van der Waals surface area contributed by atoms with Crippen molar-refractivity contribution in [1.29, 1.82) is 0 Å². The summed E-state index contributed by atoms with van der Waals surface area (Å²) >= 11 is 0. The van der Waals surface area contributed by atoms with Gasteiger partial charge in [0.2, 0.25) is 0 Å². The van der Waals surface area contributed by atoms with Crippen molar-refractivity contribution in [1.82, 2.24) is 10.2 Å². The van der Waals surface area contributed by atoms with Gasteiger partial charge in [-0.2, -0.15) is 13.2 Å². The molecule has 1 unspecified atom stereocenters. The van der Waals surface area contributed by atoms with Crippen molar-refractivity contribution in [3.05, 3.63) is 35.4 Å². The Morgan fingerprint density at radius 1 is 1.19 bits per heavy atom. The first-order valence-corrected chi connectivity index (χ1v) is 7.32. The highest BCUT2D eigenvalue weighted by Crippen LogP contribution is 2.30. The smallest absolute Gasteiger partial charge is 0.310 e. The zero-order chi connectivity index (χ0) is 16.0. The average molecular weight is 302 g/mol. The number of hydrogen-bond donors (Lipinski definition) is 1. The molecule has 0 saturated heterocycles. The number of alkyl halides is 3. The molecule has 0 saturated carbocycles. The molecule has 1 atom stereocenters. The first kappa shape index (κ1) is 18.0. The third kappa shape index (κ3) is 6.06. The summed E-state index contributed by atoms with van der Waals surface area (Å²) in [4.78, 5) is 2.25. The van der Waals surface area contributed by atoms with E-state index in [0.717, 1.165) is 25.6 Å². The SMILES string of the molecule is CC(NCCCN(C)C(C)C)c1cccc(C(F)(F)F)c1. The van der Waals surface area contributed by atoms with E-state index in [2.05, 4.69) is 31.1 Å². The zero-order valence-corrected chi connectivity index (χ0v) is 13.2. The summed E-state index contributed by atoms with van der Waals surface area (Å²) in [7, 11) is 2.07.